The Balaban J connectivity index is 1.25. The number of sulfonamides is 1. The van der Waals surface area contributed by atoms with Gasteiger partial charge >= 0.3 is 0 Å². The first-order chi connectivity index (χ1) is 17.7. The van der Waals surface area contributed by atoms with Crippen molar-refractivity contribution in [3.8, 4) is 5.75 Å². The Hall–Kier alpha value is -2.98. The van der Waals surface area contributed by atoms with Crippen LogP contribution < -0.4 is 19.8 Å². The molecule has 2 aromatic rings. The standard InChI is InChI=1S/C27H34N4O5S/c32-11-12-37(35,36)29-21-1-3-22(23(15-21)30-9-7-27(5-6-27)8-10-30)26(34)28-20-2-4-25(33)24(14-20)31-16-18-13-19(18)17-31/h1-4,14-15,18-19,29,32-33H,5-13,16-17H2,(H,28,34). The van der Waals surface area contributed by atoms with Crippen molar-refractivity contribution < 1.29 is 23.4 Å². The zero-order chi connectivity index (χ0) is 25.8. The number of carbonyl (C=O) groups is 1. The maximum absolute atomic E-state index is 13.5. The Morgan fingerprint density at radius 3 is 2.30 bits per heavy atom. The van der Waals surface area contributed by atoms with E-state index in [1.807, 2.05) is 6.07 Å². The van der Waals surface area contributed by atoms with E-state index in [1.165, 1.54) is 19.3 Å². The summed E-state index contributed by atoms with van der Waals surface area (Å²) in [7, 11) is -3.69. The number of hydrogen-bond donors (Lipinski definition) is 4. The van der Waals surface area contributed by atoms with E-state index < -0.39 is 22.4 Å². The molecule has 2 unspecified atom stereocenters. The summed E-state index contributed by atoms with van der Waals surface area (Å²) < 4.78 is 27.0. The predicted octanol–water partition coefficient (Wildman–Crippen LogP) is 3.22. The summed E-state index contributed by atoms with van der Waals surface area (Å²) in [5, 5.41) is 22.5. The number of aromatic hydroxyl groups is 1. The summed E-state index contributed by atoms with van der Waals surface area (Å²) in [4.78, 5) is 17.9. The molecule has 1 amide bonds. The van der Waals surface area contributed by atoms with E-state index >= 15 is 0 Å². The van der Waals surface area contributed by atoms with Crippen molar-refractivity contribution in [1.29, 1.82) is 0 Å². The number of phenols is 1. The molecule has 4 fully saturated rings. The monoisotopic (exact) mass is 526 g/mol. The first-order valence-electron chi connectivity index (χ1n) is 13.1. The van der Waals surface area contributed by atoms with Gasteiger partial charge in [0.2, 0.25) is 10.0 Å². The van der Waals surface area contributed by atoms with Gasteiger partial charge in [-0.15, -0.1) is 0 Å². The molecule has 2 atom stereocenters. The highest BCUT2D eigenvalue weighted by Gasteiger charge is 2.46. The number of aliphatic hydroxyl groups excluding tert-OH is 1. The zero-order valence-corrected chi connectivity index (χ0v) is 21.6. The van der Waals surface area contributed by atoms with Gasteiger partial charge in [0.1, 0.15) is 5.75 Å². The average molecular weight is 527 g/mol. The summed E-state index contributed by atoms with van der Waals surface area (Å²) in [6, 6.07) is 10.1. The number of nitrogens with zero attached hydrogens (tertiary/aromatic N) is 2. The minimum Gasteiger partial charge on any atom is -0.506 e. The first-order valence-corrected chi connectivity index (χ1v) is 14.8. The number of phenolic OH excluding ortho intramolecular Hbond substituents is 1. The lowest BCUT2D eigenvalue weighted by atomic mass is 9.93. The molecule has 4 aliphatic rings. The molecule has 0 radical (unpaired) electrons. The van der Waals surface area contributed by atoms with Crippen molar-refractivity contribution in [2.24, 2.45) is 17.3 Å². The fourth-order valence-electron chi connectivity index (χ4n) is 5.95. The number of anilines is 4. The van der Waals surface area contributed by atoms with Crippen LogP contribution in [0.1, 0.15) is 42.5 Å². The molecule has 0 aromatic heterocycles. The molecule has 2 saturated carbocycles. The molecule has 9 nitrogen and oxygen atoms in total. The molecule has 1 spiro atoms. The number of amides is 1. The van der Waals surface area contributed by atoms with Crippen LogP contribution >= 0.6 is 0 Å². The Bertz CT molecular complexity index is 1310. The van der Waals surface area contributed by atoms with Crippen molar-refractivity contribution in [3.05, 3.63) is 42.0 Å². The van der Waals surface area contributed by atoms with E-state index in [0.29, 0.717) is 39.9 Å². The molecule has 2 saturated heterocycles. The maximum atomic E-state index is 13.5. The van der Waals surface area contributed by atoms with Crippen molar-refractivity contribution in [2.45, 2.75) is 32.1 Å². The van der Waals surface area contributed by atoms with Crippen molar-refractivity contribution in [1.82, 2.24) is 0 Å². The maximum Gasteiger partial charge on any atom is 0.257 e. The molecular formula is C27H34N4O5S. The van der Waals surface area contributed by atoms with Gasteiger partial charge in [-0.3, -0.25) is 9.52 Å². The second-order valence-corrected chi connectivity index (χ2v) is 13.0. The second kappa shape index (κ2) is 9.09. The number of fused-ring (bicyclic) bond motifs is 1. The molecule has 6 rings (SSSR count). The van der Waals surface area contributed by atoms with Gasteiger partial charge in [-0.05, 0) is 85.8 Å². The fraction of sp³-hybridized carbons (Fsp3) is 0.519. The predicted molar refractivity (Wildman–Crippen MR) is 144 cm³/mol. The van der Waals surface area contributed by atoms with Gasteiger partial charge in [0.25, 0.3) is 5.91 Å². The van der Waals surface area contributed by atoms with E-state index in [9.17, 15) is 18.3 Å². The number of aliphatic hydroxyl groups is 1. The van der Waals surface area contributed by atoms with E-state index in [4.69, 9.17) is 5.11 Å². The van der Waals surface area contributed by atoms with Crippen LogP contribution in [0.4, 0.5) is 22.7 Å². The van der Waals surface area contributed by atoms with Crippen LogP contribution in [0.5, 0.6) is 5.75 Å². The SMILES string of the molecule is O=C(Nc1ccc(O)c(N2CC3CC3C2)c1)c1ccc(NS(=O)(=O)CCO)cc1N1CCC2(CC1)CC2. The zero-order valence-electron chi connectivity index (χ0n) is 20.8. The highest BCUT2D eigenvalue weighted by Crippen LogP contribution is 2.54. The quantitative estimate of drug-likeness (QED) is 0.390. The summed E-state index contributed by atoms with van der Waals surface area (Å²) >= 11 is 0. The van der Waals surface area contributed by atoms with Crippen LogP contribution in [0.2, 0.25) is 0 Å². The normalized spacial score (nSPS) is 23.6. The highest BCUT2D eigenvalue weighted by atomic mass is 32.2. The van der Waals surface area contributed by atoms with Crippen molar-refractivity contribution in [3.63, 3.8) is 0 Å². The topological polar surface area (TPSA) is 122 Å². The van der Waals surface area contributed by atoms with Crippen LogP contribution in [0, 0.1) is 17.3 Å². The van der Waals surface area contributed by atoms with Gasteiger partial charge < -0.3 is 25.3 Å². The van der Waals surface area contributed by atoms with Crippen LogP contribution in [-0.2, 0) is 10.0 Å². The number of nitrogens with one attached hydrogen (secondary N) is 2. The van der Waals surface area contributed by atoms with Crippen LogP contribution in [0.15, 0.2) is 36.4 Å². The van der Waals surface area contributed by atoms with E-state index in [1.54, 1.807) is 30.3 Å². The molecule has 10 heteroatoms. The minimum atomic E-state index is -3.69. The Kier molecular flexibility index (Phi) is 5.99. The molecule has 2 heterocycles. The van der Waals surface area contributed by atoms with E-state index in [2.05, 4.69) is 19.8 Å². The third kappa shape index (κ3) is 5.09. The lowest BCUT2D eigenvalue weighted by Crippen LogP contribution is -2.35. The smallest absolute Gasteiger partial charge is 0.257 e. The molecule has 2 aromatic carbocycles. The summed E-state index contributed by atoms with van der Waals surface area (Å²) in [5.41, 5.74) is 3.32. The van der Waals surface area contributed by atoms with Crippen LogP contribution in [-0.4, -0.2) is 63.1 Å². The lowest BCUT2D eigenvalue weighted by molar-refractivity contribution is 0.102. The van der Waals surface area contributed by atoms with Crippen LogP contribution in [0.3, 0.4) is 0 Å². The largest absolute Gasteiger partial charge is 0.506 e. The summed E-state index contributed by atoms with van der Waals surface area (Å²) in [6.45, 7) is 3.03. The highest BCUT2D eigenvalue weighted by molar-refractivity contribution is 7.92. The van der Waals surface area contributed by atoms with E-state index in [-0.39, 0.29) is 11.7 Å². The second-order valence-electron chi connectivity index (χ2n) is 11.2. The van der Waals surface area contributed by atoms with E-state index in [0.717, 1.165) is 44.7 Å². The van der Waals surface area contributed by atoms with Crippen molar-refractivity contribution in [2.75, 3.05) is 58.4 Å². The molecule has 0 bridgehead atoms. The number of rotatable bonds is 8. The molecule has 2 aliphatic carbocycles. The van der Waals surface area contributed by atoms with Crippen LogP contribution in [0.25, 0.3) is 0 Å². The lowest BCUT2D eigenvalue weighted by Gasteiger charge is -2.35. The van der Waals surface area contributed by atoms with Gasteiger partial charge in [-0.2, -0.15) is 0 Å². The Morgan fingerprint density at radius 2 is 1.62 bits per heavy atom. The third-order valence-corrected chi connectivity index (χ3v) is 9.82. The molecule has 198 valence electrons. The Labute approximate surface area is 217 Å². The molecule has 4 N–H and O–H groups in total. The first kappa shape index (κ1) is 24.4. The Morgan fingerprint density at radius 1 is 0.946 bits per heavy atom. The average Bonchev–Trinajstić information content (AvgIpc) is 3.77. The third-order valence-electron chi connectivity index (χ3n) is 8.55. The fourth-order valence-corrected chi connectivity index (χ4v) is 6.77. The molecular weight excluding hydrogens is 492 g/mol. The van der Waals surface area contributed by atoms with Gasteiger partial charge in [0.15, 0.2) is 0 Å². The number of hydrogen-bond acceptors (Lipinski definition) is 7. The number of benzene rings is 2. The van der Waals surface area contributed by atoms with Gasteiger partial charge in [-0.1, -0.05) is 0 Å². The van der Waals surface area contributed by atoms with Crippen molar-refractivity contribution >= 4 is 38.7 Å². The minimum absolute atomic E-state index is 0.210. The van der Waals surface area contributed by atoms with Gasteiger partial charge in [-0.25, -0.2) is 8.42 Å². The summed E-state index contributed by atoms with van der Waals surface area (Å²) in [6.07, 6.45) is 5.91. The number of piperidine rings is 2. The molecule has 37 heavy (non-hydrogen) atoms. The molecule has 2 aliphatic heterocycles. The number of carbonyl (C=O) groups excluding carboxylic acids is 1. The summed E-state index contributed by atoms with van der Waals surface area (Å²) in [5.74, 6) is 0.966. The van der Waals surface area contributed by atoms with Gasteiger partial charge in [0.05, 0.1) is 35.0 Å². The van der Waals surface area contributed by atoms with Gasteiger partial charge in [0, 0.05) is 31.9 Å².